The minimum absolute atomic E-state index is 0.288. The topological polar surface area (TPSA) is 64.0 Å². The van der Waals surface area contributed by atoms with Crippen molar-refractivity contribution < 1.29 is 8.42 Å². The standard InChI is InChI=1S/C20H29N3O2S/c1-14-10-15(2)12-16(11-14)22-26(24,25)18-13-23(17-8-6-7-9-17)21-19(18)20(3,4)5/h10-13,17,22H,6-9H2,1-5H3. The van der Waals surface area contributed by atoms with Crippen LogP contribution in [0.25, 0.3) is 0 Å². The van der Waals surface area contributed by atoms with Crippen LogP contribution < -0.4 is 4.72 Å². The van der Waals surface area contributed by atoms with E-state index in [4.69, 9.17) is 5.10 Å². The fourth-order valence-corrected chi connectivity index (χ4v) is 5.08. The van der Waals surface area contributed by atoms with Crippen molar-refractivity contribution in [2.75, 3.05) is 4.72 Å². The lowest BCUT2D eigenvalue weighted by atomic mass is 9.92. The first-order chi connectivity index (χ1) is 12.1. The van der Waals surface area contributed by atoms with Crippen LogP contribution in [0.2, 0.25) is 0 Å². The van der Waals surface area contributed by atoms with Gasteiger partial charge in [0.15, 0.2) is 0 Å². The molecule has 1 heterocycles. The second-order valence-electron chi connectivity index (χ2n) is 8.49. The van der Waals surface area contributed by atoms with Gasteiger partial charge in [-0.05, 0) is 49.9 Å². The van der Waals surface area contributed by atoms with E-state index in [0.717, 1.165) is 24.0 Å². The smallest absolute Gasteiger partial charge is 0.265 e. The predicted molar refractivity (Wildman–Crippen MR) is 105 cm³/mol. The summed E-state index contributed by atoms with van der Waals surface area (Å²) in [7, 11) is -3.70. The van der Waals surface area contributed by atoms with Gasteiger partial charge in [-0.1, -0.05) is 39.7 Å². The first-order valence-corrected chi connectivity index (χ1v) is 10.8. The van der Waals surface area contributed by atoms with Crippen LogP contribution in [0.4, 0.5) is 5.69 Å². The molecule has 1 N–H and O–H groups in total. The highest BCUT2D eigenvalue weighted by atomic mass is 32.2. The van der Waals surface area contributed by atoms with Crippen molar-refractivity contribution in [3.63, 3.8) is 0 Å². The van der Waals surface area contributed by atoms with E-state index >= 15 is 0 Å². The Labute approximate surface area is 156 Å². The van der Waals surface area contributed by atoms with Gasteiger partial charge in [-0.25, -0.2) is 8.42 Å². The Morgan fingerprint density at radius 2 is 1.65 bits per heavy atom. The summed E-state index contributed by atoms with van der Waals surface area (Å²) in [5, 5.41) is 4.70. The molecule has 0 saturated heterocycles. The molecule has 1 saturated carbocycles. The summed E-state index contributed by atoms with van der Waals surface area (Å²) < 4.78 is 30.9. The van der Waals surface area contributed by atoms with Gasteiger partial charge in [0.05, 0.1) is 11.7 Å². The van der Waals surface area contributed by atoms with Gasteiger partial charge in [0, 0.05) is 17.3 Å². The normalized spacial score (nSPS) is 16.2. The molecule has 1 fully saturated rings. The van der Waals surface area contributed by atoms with E-state index < -0.39 is 10.0 Å². The predicted octanol–water partition coefficient (Wildman–Crippen LogP) is 4.71. The fraction of sp³-hybridized carbons (Fsp3) is 0.550. The molecule has 1 aromatic carbocycles. The minimum atomic E-state index is -3.70. The molecule has 0 aliphatic heterocycles. The van der Waals surface area contributed by atoms with E-state index in [1.807, 2.05) is 57.5 Å². The van der Waals surface area contributed by atoms with Crippen LogP contribution >= 0.6 is 0 Å². The molecular weight excluding hydrogens is 346 g/mol. The number of hydrogen-bond donors (Lipinski definition) is 1. The van der Waals surface area contributed by atoms with E-state index in [2.05, 4.69) is 4.72 Å². The van der Waals surface area contributed by atoms with Crippen molar-refractivity contribution in [2.24, 2.45) is 0 Å². The molecule has 1 aliphatic rings. The monoisotopic (exact) mass is 375 g/mol. The maximum atomic E-state index is 13.2. The highest BCUT2D eigenvalue weighted by Crippen LogP contribution is 2.34. The third-order valence-electron chi connectivity index (χ3n) is 4.87. The van der Waals surface area contributed by atoms with Crippen LogP contribution in [0.5, 0.6) is 0 Å². The maximum absolute atomic E-state index is 13.2. The van der Waals surface area contributed by atoms with Gasteiger partial charge in [0.25, 0.3) is 10.0 Å². The van der Waals surface area contributed by atoms with Crippen LogP contribution in [0.3, 0.4) is 0 Å². The Morgan fingerprint density at radius 3 is 2.19 bits per heavy atom. The number of nitrogens with zero attached hydrogens (tertiary/aromatic N) is 2. The van der Waals surface area contributed by atoms with Crippen molar-refractivity contribution in [1.29, 1.82) is 0 Å². The number of sulfonamides is 1. The lowest BCUT2D eigenvalue weighted by Crippen LogP contribution is -2.20. The van der Waals surface area contributed by atoms with E-state index in [-0.39, 0.29) is 10.3 Å². The third-order valence-corrected chi connectivity index (χ3v) is 6.25. The number of nitrogens with one attached hydrogen (secondary N) is 1. The number of anilines is 1. The summed E-state index contributed by atoms with van der Waals surface area (Å²) in [6.07, 6.45) is 6.21. The van der Waals surface area contributed by atoms with Crippen molar-refractivity contribution in [2.45, 2.75) is 76.7 Å². The Bertz CT molecular complexity index is 881. The van der Waals surface area contributed by atoms with E-state index in [1.54, 1.807) is 6.20 Å². The van der Waals surface area contributed by atoms with Crippen molar-refractivity contribution in [3.8, 4) is 0 Å². The Balaban J connectivity index is 2.02. The zero-order valence-corrected chi connectivity index (χ0v) is 17.2. The lowest BCUT2D eigenvalue weighted by Gasteiger charge is -2.18. The summed E-state index contributed by atoms with van der Waals surface area (Å²) in [4.78, 5) is 0.288. The molecule has 142 valence electrons. The van der Waals surface area contributed by atoms with Gasteiger partial charge in [0.1, 0.15) is 4.90 Å². The molecule has 0 spiro atoms. The highest BCUT2D eigenvalue weighted by Gasteiger charge is 2.32. The molecule has 0 amide bonds. The zero-order valence-electron chi connectivity index (χ0n) is 16.3. The largest absolute Gasteiger partial charge is 0.280 e. The first-order valence-electron chi connectivity index (χ1n) is 9.27. The van der Waals surface area contributed by atoms with Gasteiger partial charge >= 0.3 is 0 Å². The third kappa shape index (κ3) is 3.95. The second-order valence-corrected chi connectivity index (χ2v) is 10.1. The van der Waals surface area contributed by atoms with E-state index in [0.29, 0.717) is 17.4 Å². The van der Waals surface area contributed by atoms with Gasteiger partial charge in [-0.15, -0.1) is 0 Å². The Kier molecular flexibility index (Phi) is 4.90. The van der Waals surface area contributed by atoms with Crippen molar-refractivity contribution in [1.82, 2.24) is 9.78 Å². The van der Waals surface area contributed by atoms with E-state index in [9.17, 15) is 8.42 Å². The molecule has 6 heteroatoms. The number of aromatic nitrogens is 2. The summed E-state index contributed by atoms with van der Waals surface area (Å²) in [6, 6.07) is 6.03. The van der Waals surface area contributed by atoms with Gasteiger partial charge in [0.2, 0.25) is 0 Å². The molecule has 0 unspecified atom stereocenters. The van der Waals surface area contributed by atoms with Gasteiger partial charge < -0.3 is 0 Å². The number of benzene rings is 1. The van der Waals surface area contributed by atoms with Crippen LogP contribution in [0.15, 0.2) is 29.3 Å². The number of hydrogen-bond acceptors (Lipinski definition) is 3. The maximum Gasteiger partial charge on any atom is 0.265 e. The number of aryl methyl sites for hydroxylation is 2. The summed E-state index contributed by atoms with van der Waals surface area (Å²) in [5.74, 6) is 0. The molecular formula is C20H29N3O2S. The second kappa shape index (κ2) is 6.72. The van der Waals surface area contributed by atoms with Crippen LogP contribution in [-0.2, 0) is 15.4 Å². The first kappa shape index (κ1) is 19.0. The quantitative estimate of drug-likeness (QED) is 0.841. The Hall–Kier alpha value is -1.82. The summed E-state index contributed by atoms with van der Waals surface area (Å²) in [5.41, 5.74) is 2.93. The molecule has 3 rings (SSSR count). The van der Waals surface area contributed by atoms with Gasteiger partial charge in [-0.2, -0.15) is 5.10 Å². The molecule has 1 aliphatic carbocycles. The van der Waals surface area contributed by atoms with Crippen LogP contribution in [-0.4, -0.2) is 18.2 Å². The lowest BCUT2D eigenvalue weighted by molar-refractivity contribution is 0.448. The van der Waals surface area contributed by atoms with Crippen molar-refractivity contribution >= 4 is 15.7 Å². The molecule has 1 aromatic heterocycles. The molecule has 26 heavy (non-hydrogen) atoms. The van der Waals surface area contributed by atoms with Gasteiger partial charge in [-0.3, -0.25) is 9.40 Å². The summed E-state index contributed by atoms with van der Waals surface area (Å²) in [6.45, 7) is 9.94. The fourth-order valence-electron chi connectivity index (χ4n) is 3.69. The van der Waals surface area contributed by atoms with Crippen LogP contribution in [0.1, 0.15) is 69.3 Å². The van der Waals surface area contributed by atoms with Crippen LogP contribution in [0, 0.1) is 13.8 Å². The zero-order chi connectivity index (χ0) is 19.1. The number of rotatable bonds is 4. The molecule has 2 aromatic rings. The SMILES string of the molecule is Cc1cc(C)cc(NS(=O)(=O)c2cn(C3CCCC3)nc2C(C)(C)C)c1. The molecule has 0 atom stereocenters. The van der Waals surface area contributed by atoms with E-state index in [1.165, 1.54) is 12.8 Å². The summed E-state index contributed by atoms with van der Waals surface area (Å²) >= 11 is 0. The minimum Gasteiger partial charge on any atom is -0.280 e. The average molecular weight is 376 g/mol. The van der Waals surface area contributed by atoms with Crippen molar-refractivity contribution in [3.05, 3.63) is 41.2 Å². The average Bonchev–Trinajstić information content (AvgIpc) is 3.14. The molecule has 0 bridgehead atoms. The Morgan fingerprint density at radius 1 is 1.08 bits per heavy atom. The molecule has 0 radical (unpaired) electrons. The highest BCUT2D eigenvalue weighted by molar-refractivity contribution is 7.92. The molecule has 5 nitrogen and oxygen atoms in total.